The largest absolute Gasteiger partial charge is 0.465 e. The molecule has 0 spiro atoms. The van der Waals surface area contributed by atoms with Crippen LogP contribution in [-0.2, 0) is 32.2 Å². The van der Waals surface area contributed by atoms with Crippen molar-refractivity contribution in [3.05, 3.63) is 71.8 Å². The Bertz CT molecular complexity index is 985. The molecule has 1 heterocycles. The summed E-state index contributed by atoms with van der Waals surface area (Å²) in [6.45, 7) is 1.88. The fourth-order valence-corrected chi connectivity index (χ4v) is 3.39. The van der Waals surface area contributed by atoms with E-state index < -0.39 is 24.0 Å². The minimum Gasteiger partial charge on any atom is -0.465 e. The first-order valence-electron chi connectivity index (χ1n) is 11.0. The molecular weight excluding hydrogens is 440 g/mol. The van der Waals surface area contributed by atoms with Crippen molar-refractivity contribution in [2.45, 2.75) is 20.1 Å². The second-order valence-corrected chi connectivity index (χ2v) is 7.48. The number of urea groups is 1. The van der Waals surface area contributed by atoms with Crippen LogP contribution in [-0.4, -0.2) is 71.7 Å². The molecule has 1 aliphatic heterocycles. The predicted molar refractivity (Wildman–Crippen MR) is 122 cm³/mol. The first-order valence-corrected chi connectivity index (χ1v) is 11.0. The average Bonchev–Trinajstić information content (AvgIpc) is 2.85. The zero-order chi connectivity index (χ0) is 24.3. The predicted octanol–water partition coefficient (Wildman–Crippen LogP) is 2.16. The Morgan fingerprint density at radius 3 is 2.21 bits per heavy atom. The van der Waals surface area contributed by atoms with E-state index in [1.165, 1.54) is 14.9 Å². The number of hydrogen-bond acceptors (Lipinski definition) is 6. The van der Waals surface area contributed by atoms with Gasteiger partial charge in [0.05, 0.1) is 19.7 Å². The molecule has 1 saturated heterocycles. The molecule has 34 heavy (non-hydrogen) atoms. The average molecular weight is 469 g/mol. The number of carbonyl (C=O) groups excluding carboxylic acids is 4. The van der Waals surface area contributed by atoms with Crippen molar-refractivity contribution in [1.29, 1.82) is 0 Å². The number of benzene rings is 2. The molecule has 0 radical (unpaired) electrons. The van der Waals surface area contributed by atoms with E-state index >= 15 is 0 Å². The number of esters is 1. The van der Waals surface area contributed by atoms with Crippen LogP contribution in [0.1, 0.15) is 18.1 Å². The third-order valence-corrected chi connectivity index (χ3v) is 5.05. The van der Waals surface area contributed by atoms with Gasteiger partial charge in [0.25, 0.3) is 5.91 Å². The molecule has 0 unspecified atom stereocenters. The summed E-state index contributed by atoms with van der Waals surface area (Å²) in [7, 11) is 0. The highest BCUT2D eigenvalue weighted by Crippen LogP contribution is 2.16. The molecule has 0 aliphatic carbocycles. The Hall–Kier alpha value is -4.08. The summed E-state index contributed by atoms with van der Waals surface area (Å²) < 4.78 is 10.1. The maximum Gasteiger partial charge on any atom is 0.407 e. The van der Waals surface area contributed by atoms with E-state index in [-0.39, 0.29) is 45.9 Å². The summed E-state index contributed by atoms with van der Waals surface area (Å²) in [6.07, 6.45) is -0.737. The summed E-state index contributed by atoms with van der Waals surface area (Å²) in [6, 6.07) is 17.8. The fourth-order valence-electron chi connectivity index (χ4n) is 3.39. The zero-order valence-electron chi connectivity index (χ0n) is 19.0. The van der Waals surface area contributed by atoms with Gasteiger partial charge >= 0.3 is 18.1 Å². The molecule has 0 atom stereocenters. The molecule has 2 aromatic carbocycles. The molecule has 10 heteroatoms. The number of ether oxygens (including phenoxy) is 2. The quantitative estimate of drug-likeness (QED) is 0.565. The first-order chi connectivity index (χ1) is 16.5. The van der Waals surface area contributed by atoms with E-state index in [0.29, 0.717) is 0 Å². The summed E-state index contributed by atoms with van der Waals surface area (Å²) in [5.74, 6) is -0.991. The number of nitrogens with one attached hydrogen (secondary N) is 1. The van der Waals surface area contributed by atoms with Crippen molar-refractivity contribution in [1.82, 2.24) is 20.2 Å². The fraction of sp³-hybridized carbons (Fsp3) is 0.333. The van der Waals surface area contributed by atoms with Gasteiger partial charge in [0.15, 0.2) is 0 Å². The lowest BCUT2D eigenvalue weighted by atomic mass is 10.2. The summed E-state index contributed by atoms with van der Waals surface area (Å²) in [5, 5.41) is 4.99. The zero-order valence-corrected chi connectivity index (χ0v) is 19.0. The minimum atomic E-state index is -0.737. The Morgan fingerprint density at radius 1 is 0.912 bits per heavy atom. The SMILES string of the molecule is CCOC(=O)CN1CCN(C(=O)CNC(=O)OCc2ccccc2)N(Cc2ccccc2)C1=O. The van der Waals surface area contributed by atoms with Gasteiger partial charge in [0.2, 0.25) is 0 Å². The van der Waals surface area contributed by atoms with Gasteiger partial charge in [-0.25, -0.2) is 19.6 Å². The van der Waals surface area contributed by atoms with Gasteiger partial charge in [-0.1, -0.05) is 60.7 Å². The van der Waals surface area contributed by atoms with Gasteiger partial charge in [-0.2, -0.15) is 0 Å². The highest BCUT2D eigenvalue weighted by molar-refractivity contribution is 5.87. The topological polar surface area (TPSA) is 108 Å². The van der Waals surface area contributed by atoms with Crippen molar-refractivity contribution < 1.29 is 28.7 Å². The van der Waals surface area contributed by atoms with E-state index in [9.17, 15) is 19.2 Å². The Morgan fingerprint density at radius 2 is 1.56 bits per heavy atom. The van der Waals surface area contributed by atoms with Crippen molar-refractivity contribution in [2.24, 2.45) is 0 Å². The maximum atomic E-state index is 13.1. The molecule has 10 nitrogen and oxygen atoms in total. The molecule has 1 fully saturated rings. The smallest absolute Gasteiger partial charge is 0.407 e. The van der Waals surface area contributed by atoms with E-state index in [2.05, 4.69) is 5.32 Å². The van der Waals surface area contributed by atoms with Crippen LogP contribution in [0.15, 0.2) is 60.7 Å². The number of alkyl carbamates (subject to hydrolysis) is 1. The Kier molecular flexibility index (Phi) is 8.84. The van der Waals surface area contributed by atoms with Gasteiger partial charge in [-0.05, 0) is 18.1 Å². The van der Waals surface area contributed by atoms with Crippen LogP contribution in [0.25, 0.3) is 0 Å². The van der Waals surface area contributed by atoms with Crippen LogP contribution >= 0.6 is 0 Å². The number of rotatable bonds is 9. The van der Waals surface area contributed by atoms with Gasteiger partial charge in [0.1, 0.15) is 19.7 Å². The molecule has 1 N–H and O–H groups in total. The third kappa shape index (κ3) is 6.96. The van der Waals surface area contributed by atoms with E-state index in [0.717, 1.165) is 11.1 Å². The van der Waals surface area contributed by atoms with E-state index in [1.54, 1.807) is 6.92 Å². The number of carbonyl (C=O) groups is 4. The van der Waals surface area contributed by atoms with Crippen molar-refractivity contribution >= 4 is 24.0 Å². The summed E-state index contributed by atoms with van der Waals surface area (Å²) in [5.41, 5.74) is 1.63. The Labute approximate surface area is 198 Å². The van der Waals surface area contributed by atoms with E-state index in [4.69, 9.17) is 9.47 Å². The standard InChI is InChI=1S/C24H28N4O6/c1-2-33-22(30)17-26-13-14-27(28(24(26)32)16-19-9-5-3-6-10-19)21(29)15-25-23(31)34-18-20-11-7-4-8-12-20/h3-12H,2,13-18H2,1H3,(H,25,31). The molecule has 2 aromatic rings. The molecule has 0 aromatic heterocycles. The van der Waals surface area contributed by atoms with Crippen molar-refractivity contribution in [3.8, 4) is 0 Å². The number of amides is 4. The highest BCUT2D eigenvalue weighted by atomic mass is 16.5. The van der Waals surface area contributed by atoms with E-state index in [1.807, 2.05) is 60.7 Å². The molecule has 0 saturated carbocycles. The van der Waals surface area contributed by atoms with Gasteiger partial charge in [-0.15, -0.1) is 0 Å². The second-order valence-electron chi connectivity index (χ2n) is 7.48. The van der Waals surface area contributed by atoms with Crippen molar-refractivity contribution in [2.75, 3.05) is 32.8 Å². The highest BCUT2D eigenvalue weighted by Gasteiger charge is 2.35. The van der Waals surface area contributed by atoms with Crippen LogP contribution < -0.4 is 5.32 Å². The Balaban J connectivity index is 1.61. The molecule has 1 aliphatic rings. The van der Waals surface area contributed by atoms with Gasteiger partial charge < -0.3 is 19.7 Å². The normalized spacial score (nSPS) is 13.4. The molecule has 180 valence electrons. The van der Waals surface area contributed by atoms with Crippen LogP contribution in [0.3, 0.4) is 0 Å². The van der Waals surface area contributed by atoms with Crippen LogP contribution in [0.4, 0.5) is 9.59 Å². The third-order valence-electron chi connectivity index (χ3n) is 5.05. The maximum absolute atomic E-state index is 13.1. The van der Waals surface area contributed by atoms with Gasteiger partial charge in [-0.3, -0.25) is 9.59 Å². The summed E-state index contributed by atoms with van der Waals surface area (Å²) in [4.78, 5) is 51.3. The molecular formula is C24H28N4O6. The second kappa shape index (κ2) is 12.2. The lowest BCUT2D eigenvalue weighted by Gasteiger charge is -2.43. The van der Waals surface area contributed by atoms with Crippen LogP contribution in [0, 0.1) is 0 Å². The number of hydrazine groups is 1. The first kappa shape index (κ1) is 24.6. The van der Waals surface area contributed by atoms with Gasteiger partial charge in [0, 0.05) is 6.54 Å². The van der Waals surface area contributed by atoms with Crippen LogP contribution in [0.5, 0.6) is 0 Å². The molecule has 3 rings (SSSR count). The van der Waals surface area contributed by atoms with Crippen LogP contribution in [0.2, 0.25) is 0 Å². The number of hydrogen-bond donors (Lipinski definition) is 1. The number of nitrogens with zero attached hydrogens (tertiary/aromatic N) is 3. The lowest BCUT2D eigenvalue weighted by molar-refractivity contribution is -0.151. The molecule has 0 bridgehead atoms. The van der Waals surface area contributed by atoms with Crippen molar-refractivity contribution in [3.63, 3.8) is 0 Å². The lowest BCUT2D eigenvalue weighted by Crippen LogP contribution is -2.63. The molecule has 4 amide bonds. The monoisotopic (exact) mass is 468 g/mol. The minimum absolute atomic E-state index is 0.0754. The summed E-state index contributed by atoms with van der Waals surface area (Å²) >= 11 is 0.